The van der Waals surface area contributed by atoms with E-state index in [-0.39, 0.29) is 0 Å². The number of benzene rings is 1. The minimum absolute atomic E-state index is 0.456. The fourth-order valence-electron chi connectivity index (χ4n) is 1.13. The Morgan fingerprint density at radius 2 is 2.12 bits per heavy atom. The highest BCUT2D eigenvalue weighted by Gasteiger charge is 2.26. The minimum Gasteiger partial charge on any atom is -0.467 e. The quantitative estimate of drug-likeness (QED) is 0.490. The molecule has 1 aromatic rings. The van der Waals surface area contributed by atoms with Crippen LogP contribution in [0.1, 0.15) is 11.7 Å². The number of esters is 1. The van der Waals surface area contributed by atoms with Gasteiger partial charge in [-0.25, -0.2) is 9.18 Å². The van der Waals surface area contributed by atoms with Crippen molar-refractivity contribution < 1.29 is 28.3 Å². The largest absolute Gasteiger partial charge is 0.467 e. The van der Waals surface area contributed by atoms with Gasteiger partial charge in [-0.3, -0.25) is 10.1 Å². The summed E-state index contributed by atoms with van der Waals surface area (Å²) in [4.78, 5) is 20.2. The van der Waals surface area contributed by atoms with Gasteiger partial charge in [0.05, 0.1) is 12.0 Å². The van der Waals surface area contributed by atoms with Crippen molar-refractivity contribution in [3.8, 4) is 0 Å². The summed E-state index contributed by atoms with van der Waals surface area (Å²) >= 11 is 0. The van der Waals surface area contributed by atoms with Crippen LogP contribution < -0.4 is 0 Å². The Bertz CT molecular complexity index is 477. The molecule has 0 aliphatic heterocycles. The van der Waals surface area contributed by atoms with E-state index in [1.165, 1.54) is 0 Å². The number of nitrogens with zero attached hydrogens (tertiary/aromatic N) is 1. The summed E-state index contributed by atoms with van der Waals surface area (Å²) in [7, 11) is 0.972. The Morgan fingerprint density at radius 1 is 1.53 bits per heavy atom. The number of aliphatic hydroxyl groups excluding tert-OH is 1. The number of rotatable bonds is 3. The Labute approximate surface area is 93.6 Å². The third kappa shape index (κ3) is 2.53. The SMILES string of the molecule is COC(=O)C(O)c1cc(F)c(F)c([N+](=O)[O-])c1. The lowest BCUT2D eigenvalue weighted by molar-refractivity contribution is -0.387. The van der Waals surface area contributed by atoms with Gasteiger partial charge in [-0.1, -0.05) is 0 Å². The van der Waals surface area contributed by atoms with E-state index in [2.05, 4.69) is 4.74 Å². The molecule has 1 rings (SSSR count). The Hall–Kier alpha value is -2.09. The molecule has 0 radical (unpaired) electrons. The van der Waals surface area contributed by atoms with Gasteiger partial charge in [0.1, 0.15) is 0 Å². The van der Waals surface area contributed by atoms with E-state index in [1.54, 1.807) is 0 Å². The first-order chi connectivity index (χ1) is 7.88. The fraction of sp³-hybridized carbons (Fsp3) is 0.222. The van der Waals surface area contributed by atoms with Gasteiger partial charge in [-0.15, -0.1) is 0 Å². The lowest BCUT2D eigenvalue weighted by Crippen LogP contribution is -2.14. The van der Waals surface area contributed by atoms with Crippen LogP contribution in [0.2, 0.25) is 0 Å². The predicted molar refractivity (Wildman–Crippen MR) is 50.0 cm³/mol. The number of halogens is 2. The lowest BCUT2D eigenvalue weighted by Gasteiger charge is -2.08. The van der Waals surface area contributed by atoms with Crippen molar-refractivity contribution in [3.05, 3.63) is 39.4 Å². The maximum atomic E-state index is 13.0. The summed E-state index contributed by atoms with van der Waals surface area (Å²) < 4.78 is 30.1. The monoisotopic (exact) mass is 247 g/mol. The third-order valence-corrected chi connectivity index (χ3v) is 1.97. The second-order valence-corrected chi connectivity index (χ2v) is 3.02. The van der Waals surface area contributed by atoms with Crippen LogP contribution in [0.15, 0.2) is 12.1 Å². The summed E-state index contributed by atoms with van der Waals surface area (Å²) in [5.74, 6) is -4.32. The average molecular weight is 247 g/mol. The highest BCUT2D eigenvalue weighted by atomic mass is 19.2. The summed E-state index contributed by atoms with van der Waals surface area (Å²) in [6.45, 7) is 0. The van der Waals surface area contributed by atoms with Gasteiger partial charge >= 0.3 is 11.7 Å². The van der Waals surface area contributed by atoms with Gasteiger partial charge in [0.25, 0.3) is 0 Å². The predicted octanol–water partition coefficient (Wildman–Crippen LogP) is 1.08. The van der Waals surface area contributed by atoms with Crippen LogP contribution >= 0.6 is 0 Å². The number of hydrogen-bond acceptors (Lipinski definition) is 5. The summed E-state index contributed by atoms with van der Waals surface area (Å²) in [5.41, 5.74) is -1.62. The molecule has 17 heavy (non-hydrogen) atoms. The van der Waals surface area contributed by atoms with Crippen LogP contribution in [-0.2, 0) is 9.53 Å². The molecule has 0 heterocycles. The molecule has 1 aromatic carbocycles. The molecule has 0 amide bonds. The Balaban J connectivity index is 3.28. The zero-order chi connectivity index (χ0) is 13.2. The van der Waals surface area contributed by atoms with Crippen molar-refractivity contribution in [1.82, 2.24) is 0 Å². The smallest absolute Gasteiger partial charge is 0.339 e. The molecule has 0 aliphatic rings. The number of methoxy groups -OCH3 is 1. The number of ether oxygens (including phenoxy) is 1. The molecule has 1 unspecified atom stereocenters. The topological polar surface area (TPSA) is 89.7 Å². The van der Waals surface area contributed by atoms with Crippen LogP contribution in [-0.4, -0.2) is 23.1 Å². The van der Waals surface area contributed by atoms with Crippen LogP contribution in [0.25, 0.3) is 0 Å². The number of hydrogen-bond donors (Lipinski definition) is 1. The Kier molecular flexibility index (Phi) is 3.69. The van der Waals surface area contributed by atoms with Gasteiger partial charge in [-0.05, 0) is 6.07 Å². The molecule has 1 N–H and O–H groups in total. The zero-order valence-corrected chi connectivity index (χ0v) is 8.52. The van der Waals surface area contributed by atoms with Gasteiger partial charge in [0, 0.05) is 11.6 Å². The number of nitro groups is 1. The molecule has 8 heteroatoms. The zero-order valence-electron chi connectivity index (χ0n) is 8.52. The Morgan fingerprint density at radius 3 is 2.59 bits per heavy atom. The highest BCUT2D eigenvalue weighted by molar-refractivity contribution is 5.76. The molecule has 0 saturated carbocycles. The van der Waals surface area contributed by atoms with E-state index >= 15 is 0 Å². The number of aliphatic hydroxyl groups is 1. The van der Waals surface area contributed by atoms with Gasteiger partial charge in [0.15, 0.2) is 11.9 Å². The van der Waals surface area contributed by atoms with Crippen molar-refractivity contribution in [2.24, 2.45) is 0 Å². The molecule has 0 fully saturated rings. The molecule has 6 nitrogen and oxygen atoms in total. The molecule has 92 valence electrons. The van der Waals surface area contributed by atoms with E-state index in [0.29, 0.717) is 12.1 Å². The molecule has 0 aromatic heterocycles. The third-order valence-electron chi connectivity index (χ3n) is 1.97. The average Bonchev–Trinajstić information content (AvgIpc) is 2.30. The molecular formula is C9H7F2NO5. The van der Waals surface area contributed by atoms with Gasteiger partial charge in [0.2, 0.25) is 5.82 Å². The van der Waals surface area contributed by atoms with Gasteiger partial charge < -0.3 is 9.84 Å². The van der Waals surface area contributed by atoms with Crippen molar-refractivity contribution >= 4 is 11.7 Å². The van der Waals surface area contributed by atoms with Crippen molar-refractivity contribution in [2.75, 3.05) is 7.11 Å². The lowest BCUT2D eigenvalue weighted by atomic mass is 10.1. The molecular weight excluding hydrogens is 240 g/mol. The van der Waals surface area contributed by atoms with Crippen molar-refractivity contribution in [2.45, 2.75) is 6.10 Å². The second-order valence-electron chi connectivity index (χ2n) is 3.02. The van der Waals surface area contributed by atoms with Crippen LogP contribution in [0.4, 0.5) is 14.5 Å². The van der Waals surface area contributed by atoms with Gasteiger partial charge in [-0.2, -0.15) is 4.39 Å². The maximum absolute atomic E-state index is 13.0. The first kappa shape index (κ1) is 13.0. The maximum Gasteiger partial charge on any atom is 0.339 e. The molecule has 0 bridgehead atoms. The molecule has 0 aliphatic carbocycles. The van der Waals surface area contributed by atoms with Crippen LogP contribution in [0, 0.1) is 21.7 Å². The first-order valence-corrected chi connectivity index (χ1v) is 4.27. The van der Waals surface area contributed by atoms with Crippen LogP contribution in [0.3, 0.4) is 0 Å². The number of carbonyl (C=O) groups is 1. The van der Waals surface area contributed by atoms with Crippen LogP contribution in [0.5, 0.6) is 0 Å². The van der Waals surface area contributed by atoms with E-state index in [0.717, 1.165) is 7.11 Å². The second kappa shape index (κ2) is 4.83. The van der Waals surface area contributed by atoms with Crippen molar-refractivity contribution in [3.63, 3.8) is 0 Å². The normalized spacial score (nSPS) is 12.0. The van der Waals surface area contributed by atoms with E-state index < -0.39 is 39.9 Å². The van der Waals surface area contributed by atoms with E-state index in [9.17, 15) is 28.8 Å². The molecule has 0 spiro atoms. The van der Waals surface area contributed by atoms with E-state index in [1.807, 2.05) is 0 Å². The first-order valence-electron chi connectivity index (χ1n) is 4.27. The molecule has 0 saturated heterocycles. The standard InChI is InChI=1S/C9H7F2NO5/c1-17-9(14)8(13)4-2-5(10)7(11)6(3-4)12(15)16/h2-3,8,13H,1H3. The number of carbonyl (C=O) groups excluding carboxylic acids is 1. The van der Waals surface area contributed by atoms with E-state index in [4.69, 9.17) is 0 Å². The van der Waals surface area contributed by atoms with Crippen molar-refractivity contribution in [1.29, 1.82) is 0 Å². The fourth-order valence-corrected chi connectivity index (χ4v) is 1.13. The molecule has 1 atom stereocenters. The summed E-state index contributed by atoms with van der Waals surface area (Å²) in [6.07, 6.45) is -1.91. The highest BCUT2D eigenvalue weighted by Crippen LogP contribution is 2.25. The summed E-state index contributed by atoms with van der Waals surface area (Å²) in [5, 5.41) is 19.7. The minimum atomic E-state index is -1.91. The summed E-state index contributed by atoms with van der Waals surface area (Å²) in [6, 6.07) is 1.06. The number of nitro benzene ring substituents is 1.